The normalized spacial score (nSPS) is 24.3. The number of hydrogen-bond acceptors (Lipinski definition) is 2. The van der Waals surface area contributed by atoms with E-state index in [0.717, 1.165) is 19.0 Å². The molecule has 108 valence electrons. The summed E-state index contributed by atoms with van der Waals surface area (Å²) >= 11 is 0. The Balaban J connectivity index is 2.08. The second-order valence-corrected chi connectivity index (χ2v) is 5.78. The minimum absolute atomic E-state index is 0.703. The van der Waals surface area contributed by atoms with Crippen LogP contribution in [0, 0.1) is 5.92 Å². The van der Waals surface area contributed by atoms with Crippen molar-refractivity contribution in [1.82, 2.24) is 15.1 Å². The molecule has 1 aliphatic rings. The lowest BCUT2D eigenvalue weighted by molar-refractivity contribution is 0.358. The van der Waals surface area contributed by atoms with Crippen LogP contribution in [-0.2, 0) is 6.54 Å². The number of aromatic nitrogens is 2. The van der Waals surface area contributed by atoms with Gasteiger partial charge in [-0.1, -0.05) is 26.2 Å². The summed E-state index contributed by atoms with van der Waals surface area (Å²) in [6.07, 6.45) is 10.1. The van der Waals surface area contributed by atoms with E-state index in [4.69, 9.17) is 0 Å². The van der Waals surface area contributed by atoms with Gasteiger partial charge in [-0.15, -0.1) is 0 Å². The zero-order chi connectivity index (χ0) is 13.5. The molecule has 0 bridgehead atoms. The first-order chi connectivity index (χ1) is 9.36. The molecule has 1 aromatic rings. The molecule has 3 nitrogen and oxygen atoms in total. The van der Waals surface area contributed by atoms with Gasteiger partial charge in [0.05, 0.1) is 0 Å². The minimum Gasteiger partial charge on any atom is -0.316 e. The van der Waals surface area contributed by atoms with E-state index < -0.39 is 0 Å². The summed E-state index contributed by atoms with van der Waals surface area (Å²) in [7, 11) is 0. The Morgan fingerprint density at radius 3 is 2.89 bits per heavy atom. The zero-order valence-electron chi connectivity index (χ0n) is 12.6. The molecule has 19 heavy (non-hydrogen) atoms. The third-order valence-corrected chi connectivity index (χ3v) is 4.42. The third kappa shape index (κ3) is 3.82. The fourth-order valence-electron chi connectivity index (χ4n) is 3.40. The Morgan fingerprint density at radius 2 is 2.11 bits per heavy atom. The first-order valence-electron chi connectivity index (χ1n) is 8.09. The highest BCUT2D eigenvalue weighted by Gasteiger charge is 2.27. The summed E-state index contributed by atoms with van der Waals surface area (Å²) in [4.78, 5) is 0. The largest absolute Gasteiger partial charge is 0.316 e. The molecule has 1 aromatic heterocycles. The van der Waals surface area contributed by atoms with Crippen LogP contribution in [0.5, 0.6) is 0 Å². The molecular formula is C16H29N3. The molecule has 0 saturated heterocycles. The van der Waals surface area contributed by atoms with Crippen molar-refractivity contribution in [2.45, 2.75) is 64.8 Å². The number of hydrogen-bond donors (Lipinski definition) is 1. The molecule has 1 aliphatic carbocycles. The van der Waals surface area contributed by atoms with E-state index >= 15 is 0 Å². The van der Waals surface area contributed by atoms with E-state index in [9.17, 15) is 0 Å². The Bertz CT molecular complexity index is 359. The predicted octanol–water partition coefficient (Wildman–Crippen LogP) is 3.57. The number of rotatable bonds is 6. The molecule has 1 heterocycles. The Hall–Kier alpha value is -0.830. The van der Waals surface area contributed by atoms with Gasteiger partial charge in [0.15, 0.2) is 0 Å². The summed E-state index contributed by atoms with van der Waals surface area (Å²) in [6.45, 7) is 7.75. The van der Waals surface area contributed by atoms with E-state index in [-0.39, 0.29) is 0 Å². The van der Waals surface area contributed by atoms with Gasteiger partial charge < -0.3 is 5.32 Å². The van der Waals surface area contributed by atoms with Gasteiger partial charge >= 0.3 is 0 Å². The van der Waals surface area contributed by atoms with Gasteiger partial charge in [-0.2, -0.15) is 5.10 Å². The second kappa shape index (κ2) is 7.68. The fourth-order valence-corrected chi connectivity index (χ4v) is 3.40. The van der Waals surface area contributed by atoms with Crippen LogP contribution < -0.4 is 5.32 Å². The first-order valence-corrected chi connectivity index (χ1v) is 8.09. The molecule has 1 N–H and O–H groups in total. The molecule has 0 amide bonds. The smallest absolute Gasteiger partial charge is 0.0492 e. The molecule has 0 aliphatic heterocycles. The molecule has 2 unspecified atom stereocenters. The van der Waals surface area contributed by atoms with Gasteiger partial charge in [-0.05, 0) is 51.3 Å². The van der Waals surface area contributed by atoms with Crippen molar-refractivity contribution in [3.63, 3.8) is 0 Å². The summed E-state index contributed by atoms with van der Waals surface area (Å²) < 4.78 is 2.20. The van der Waals surface area contributed by atoms with Crippen molar-refractivity contribution in [2.75, 3.05) is 13.1 Å². The van der Waals surface area contributed by atoms with Gasteiger partial charge in [-0.3, -0.25) is 4.68 Å². The van der Waals surface area contributed by atoms with Crippen LogP contribution in [0.1, 0.15) is 64.0 Å². The van der Waals surface area contributed by atoms with Crippen LogP contribution in [0.15, 0.2) is 12.3 Å². The van der Waals surface area contributed by atoms with Crippen LogP contribution in [0.4, 0.5) is 0 Å². The van der Waals surface area contributed by atoms with Crippen molar-refractivity contribution in [3.05, 3.63) is 18.0 Å². The average molecular weight is 263 g/mol. The lowest BCUT2D eigenvalue weighted by Gasteiger charge is -2.26. The highest BCUT2D eigenvalue weighted by Crippen LogP contribution is 2.36. The Morgan fingerprint density at radius 1 is 1.26 bits per heavy atom. The van der Waals surface area contributed by atoms with Gasteiger partial charge in [-0.25, -0.2) is 0 Å². The second-order valence-electron chi connectivity index (χ2n) is 5.78. The van der Waals surface area contributed by atoms with Crippen molar-refractivity contribution in [1.29, 1.82) is 0 Å². The standard InChI is InChI=1S/C16H29N3/c1-3-11-17-13-14-8-6-5-7-9-15(14)16-10-12-18-19(16)4-2/h10,12,14-15,17H,3-9,11,13H2,1-2H3. The molecule has 1 saturated carbocycles. The number of nitrogens with zero attached hydrogens (tertiary/aromatic N) is 2. The lowest BCUT2D eigenvalue weighted by Crippen LogP contribution is -2.28. The van der Waals surface area contributed by atoms with E-state index in [0.29, 0.717) is 5.92 Å². The summed E-state index contributed by atoms with van der Waals surface area (Å²) in [5.41, 5.74) is 1.47. The molecule has 2 atom stereocenters. The molecule has 0 radical (unpaired) electrons. The van der Waals surface area contributed by atoms with E-state index in [1.165, 1.54) is 50.8 Å². The van der Waals surface area contributed by atoms with Crippen molar-refractivity contribution >= 4 is 0 Å². The van der Waals surface area contributed by atoms with Crippen LogP contribution >= 0.6 is 0 Å². The maximum absolute atomic E-state index is 4.47. The van der Waals surface area contributed by atoms with Crippen molar-refractivity contribution < 1.29 is 0 Å². The van der Waals surface area contributed by atoms with Crippen LogP contribution in [-0.4, -0.2) is 22.9 Å². The maximum atomic E-state index is 4.47. The Labute approximate surface area is 117 Å². The third-order valence-electron chi connectivity index (χ3n) is 4.42. The molecule has 1 fully saturated rings. The molecule has 0 spiro atoms. The van der Waals surface area contributed by atoms with Crippen molar-refractivity contribution in [2.24, 2.45) is 5.92 Å². The molecular weight excluding hydrogens is 234 g/mol. The summed E-state index contributed by atoms with van der Waals surface area (Å²) in [5.74, 6) is 1.49. The monoisotopic (exact) mass is 263 g/mol. The average Bonchev–Trinajstić information content (AvgIpc) is 2.78. The SMILES string of the molecule is CCCNCC1CCCCCC1c1ccnn1CC. The quantitative estimate of drug-likeness (QED) is 0.628. The van der Waals surface area contributed by atoms with Crippen LogP contribution in [0.25, 0.3) is 0 Å². The van der Waals surface area contributed by atoms with E-state index in [1.807, 2.05) is 6.20 Å². The van der Waals surface area contributed by atoms with Gasteiger partial charge in [0.1, 0.15) is 0 Å². The van der Waals surface area contributed by atoms with E-state index in [1.54, 1.807) is 0 Å². The zero-order valence-corrected chi connectivity index (χ0v) is 12.6. The van der Waals surface area contributed by atoms with Crippen LogP contribution in [0.2, 0.25) is 0 Å². The highest BCUT2D eigenvalue weighted by atomic mass is 15.3. The topological polar surface area (TPSA) is 29.9 Å². The van der Waals surface area contributed by atoms with E-state index in [2.05, 4.69) is 35.0 Å². The maximum Gasteiger partial charge on any atom is 0.0492 e. The molecule has 3 heteroatoms. The molecule has 2 rings (SSSR count). The predicted molar refractivity (Wildman–Crippen MR) is 80.4 cm³/mol. The summed E-state index contributed by atoms with van der Waals surface area (Å²) in [6, 6.07) is 2.24. The highest BCUT2D eigenvalue weighted by molar-refractivity contribution is 5.10. The fraction of sp³-hybridized carbons (Fsp3) is 0.812. The van der Waals surface area contributed by atoms with Gasteiger partial charge in [0.25, 0.3) is 0 Å². The Kier molecular flexibility index (Phi) is 5.90. The van der Waals surface area contributed by atoms with Gasteiger partial charge in [0.2, 0.25) is 0 Å². The minimum atomic E-state index is 0.703. The number of nitrogens with one attached hydrogen (secondary N) is 1. The van der Waals surface area contributed by atoms with Crippen molar-refractivity contribution in [3.8, 4) is 0 Å². The van der Waals surface area contributed by atoms with Gasteiger partial charge in [0, 0.05) is 24.4 Å². The summed E-state index contributed by atoms with van der Waals surface area (Å²) in [5, 5.41) is 8.10. The number of aryl methyl sites for hydroxylation is 1. The first kappa shape index (κ1) is 14.6. The molecule has 0 aromatic carbocycles. The lowest BCUT2D eigenvalue weighted by atomic mass is 9.85. The van der Waals surface area contributed by atoms with Crippen LogP contribution in [0.3, 0.4) is 0 Å².